The van der Waals surface area contributed by atoms with Gasteiger partial charge < -0.3 is 5.11 Å². The number of hydrogen-bond donors (Lipinski definition) is 1. The van der Waals surface area contributed by atoms with Gasteiger partial charge in [0, 0.05) is 11.6 Å². The molecule has 2 aromatic rings. The Morgan fingerprint density at radius 2 is 2.55 bits per heavy atom. The average molecular weight is 168 g/mol. The minimum absolute atomic E-state index is 0.0706. The summed E-state index contributed by atoms with van der Waals surface area (Å²) in [6, 6.07) is 0. The van der Waals surface area contributed by atoms with Crippen molar-refractivity contribution in [2.24, 2.45) is 0 Å². The zero-order valence-electron chi connectivity index (χ0n) is 5.39. The highest BCUT2D eigenvalue weighted by Crippen LogP contribution is 2.12. The zero-order chi connectivity index (χ0) is 7.84. The number of nitrogens with zero attached hydrogens (tertiary/aromatic N) is 2. The van der Waals surface area contributed by atoms with Crippen LogP contribution in [0.4, 0.5) is 0 Å². The van der Waals surface area contributed by atoms with Gasteiger partial charge in [0.1, 0.15) is 4.83 Å². The minimum Gasteiger partial charge on any atom is -0.475 e. The highest BCUT2D eigenvalue weighted by molar-refractivity contribution is 7.15. The van der Waals surface area contributed by atoms with E-state index >= 15 is 0 Å². The Kier molecular flexibility index (Phi) is 1.19. The van der Waals surface area contributed by atoms with E-state index in [0.717, 1.165) is 4.83 Å². The SMILES string of the molecule is O=C(O)c1ncc2sccn12. The molecule has 5 heteroatoms. The monoisotopic (exact) mass is 168 g/mol. The van der Waals surface area contributed by atoms with Crippen molar-refractivity contribution in [3.63, 3.8) is 0 Å². The van der Waals surface area contributed by atoms with Gasteiger partial charge in [0.05, 0.1) is 6.20 Å². The third-order valence-electron chi connectivity index (χ3n) is 1.35. The van der Waals surface area contributed by atoms with Crippen LogP contribution in [0.3, 0.4) is 0 Å². The van der Waals surface area contributed by atoms with Gasteiger partial charge in [-0.05, 0) is 0 Å². The van der Waals surface area contributed by atoms with Crippen LogP contribution in [0.2, 0.25) is 0 Å². The minimum atomic E-state index is -0.997. The molecule has 0 radical (unpaired) electrons. The van der Waals surface area contributed by atoms with Gasteiger partial charge in [0.15, 0.2) is 0 Å². The summed E-state index contributed by atoms with van der Waals surface area (Å²) in [7, 11) is 0. The number of carboxylic acid groups (broad SMARTS) is 1. The second kappa shape index (κ2) is 2.06. The fraction of sp³-hybridized carbons (Fsp3) is 0. The number of fused-ring (bicyclic) bond motifs is 1. The van der Waals surface area contributed by atoms with Gasteiger partial charge >= 0.3 is 5.97 Å². The maximum Gasteiger partial charge on any atom is 0.372 e. The lowest BCUT2D eigenvalue weighted by molar-refractivity contribution is 0.0683. The van der Waals surface area contributed by atoms with Gasteiger partial charge in [-0.2, -0.15) is 0 Å². The van der Waals surface area contributed by atoms with Crippen LogP contribution < -0.4 is 0 Å². The molecule has 0 aliphatic rings. The van der Waals surface area contributed by atoms with Crippen molar-refractivity contribution in [1.29, 1.82) is 0 Å². The lowest BCUT2D eigenvalue weighted by atomic mass is 10.6. The molecule has 0 bridgehead atoms. The van der Waals surface area contributed by atoms with E-state index < -0.39 is 5.97 Å². The lowest BCUT2D eigenvalue weighted by Crippen LogP contribution is -2.01. The Labute approximate surface area is 65.7 Å². The van der Waals surface area contributed by atoms with E-state index in [9.17, 15) is 4.79 Å². The van der Waals surface area contributed by atoms with Crippen LogP contribution in [0.15, 0.2) is 17.8 Å². The van der Waals surface area contributed by atoms with E-state index in [4.69, 9.17) is 5.11 Å². The molecule has 0 fully saturated rings. The second-order valence-electron chi connectivity index (χ2n) is 2.00. The fourth-order valence-corrected chi connectivity index (χ4v) is 1.59. The van der Waals surface area contributed by atoms with Crippen molar-refractivity contribution < 1.29 is 9.90 Å². The largest absolute Gasteiger partial charge is 0.475 e. The molecule has 2 rings (SSSR count). The average Bonchev–Trinajstić information content (AvgIpc) is 2.41. The first-order chi connectivity index (χ1) is 5.29. The molecule has 2 aromatic heterocycles. The molecule has 0 saturated heterocycles. The highest BCUT2D eigenvalue weighted by Gasteiger charge is 2.10. The van der Waals surface area contributed by atoms with Crippen molar-refractivity contribution in [3.05, 3.63) is 23.6 Å². The molecule has 1 N–H and O–H groups in total. The van der Waals surface area contributed by atoms with E-state index in [1.54, 1.807) is 16.8 Å². The topological polar surface area (TPSA) is 54.6 Å². The molecule has 0 spiro atoms. The maximum absolute atomic E-state index is 10.5. The molecule has 56 valence electrons. The van der Waals surface area contributed by atoms with Gasteiger partial charge in [-0.25, -0.2) is 9.78 Å². The number of carboxylic acids is 1. The van der Waals surface area contributed by atoms with Crippen molar-refractivity contribution >= 4 is 22.1 Å². The predicted octanol–water partition coefficient (Wildman–Crippen LogP) is 1.09. The number of carbonyl (C=O) groups is 1. The van der Waals surface area contributed by atoms with Gasteiger partial charge in [0.25, 0.3) is 0 Å². The first-order valence-electron chi connectivity index (χ1n) is 2.93. The standard InChI is InChI=1S/C6H4N2O2S/c9-6(10)5-7-3-4-8(5)1-2-11-4/h1-3H,(H,9,10). The maximum atomic E-state index is 10.5. The fourth-order valence-electron chi connectivity index (χ4n) is 0.896. The molecule has 0 aliphatic carbocycles. The number of rotatable bonds is 1. The van der Waals surface area contributed by atoms with Gasteiger partial charge in [-0.1, -0.05) is 0 Å². The first-order valence-corrected chi connectivity index (χ1v) is 3.81. The molecule has 4 nitrogen and oxygen atoms in total. The molecule has 0 amide bonds. The summed E-state index contributed by atoms with van der Waals surface area (Å²) in [4.78, 5) is 15.1. The van der Waals surface area contributed by atoms with Crippen LogP contribution in [0.1, 0.15) is 10.6 Å². The van der Waals surface area contributed by atoms with Crippen LogP contribution in [0, 0.1) is 0 Å². The summed E-state index contributed by atoms with van der Waals surface area (Å²) in [5.74, 6) is -0.926. The number of aromatic carboxylic acids is 1. The van der Waals surface area contributed by atoms with Gasteiger partial charge in [-0.3, -0.25) is 4.40 Å². The summed E-state index contributed by atoms with van der Waals surface area (Å²) in [5.41, 5.74) is 0. The highest BCUT2D eigenvalue weighted by atomic mass is 32.1. The lowest BCUT2D eigenvalue weighted by Gasteiger charge is -1.86. The van der Waals surface area contributed by atoms with E-state index in [1.807, 2.05) is 5.38 Å². The summed E-state index contributed by atoms with van der Waals surface area (Å²) in [6.07, 6.45) is 3.24. The Morgan fingerprint density at radius 1 is 1.73 bits per heavy atom. The second-order valence-corrected chi connectivity index (χ2v) is 2.92. The van der Waals surface area contributed by atoms with E-state index in [-0.39, 0.29) is 5.82 Å². The molecule has 11 heavy (non-hydrogen) atoms. The van der Waals surface area contributed by atoms with Crippen molar-refractivity contribution in [3.8, 4) is 0 Å². The third kappa shape index (κ3) is 0.813. The predicted molar refractivity (Wildman–Crippen MR) is 40.0 cm³/mol. The molecule has 0 unspecified atom stereocenters. The normalized spacial score (nSPS) is 10.5. The Hall–Kier alpha value is -1.36. The Morgan fingerprint density at radius 3 is 3.27 bits per heavy atom. The van der Waals surface area contributed by atoms with Crippen LogP contribution in [0.5, 0.6) is 0 Å². The van der Waals surface area contributed by atoms with Crippen molar-refractivity contribution in [2.45, 2.75) is 0 Å². The number of thiazole rings is 1. The van der Waals surface area contributed by atoms with Gasteiger partial charge in [0.2, 0.25) is 5.82 Å². The van der Waals surface area contributed by atoms with E-state index in [1.165, 1.54) is 11.3 Å². The first kappa shape index (κ1) is 6.36. The number of hydrogen-bond acceptors (Lipinski definition) is 3. The number of imidazole rings is 1. The molecule has 0 atom stereocenters. The summed E-state index contributed by atoms with van der Waals surface area (Å²) in [5, 5.41) is 10.4. The summed E-state index contributed by atoms with van der Waals surface area (Å²) >= 11 is 1.46. The molecule has 0 saturated carbocycles. The van der Waals surface area contributed by atoms with Crippen molar-refractivity contribution in [2.75, 3.05) is 0 Å². The van der Waals surface area contributed by atoms with E-state index in [2.05, 4.69) is 4.98 Å². The zero-order valence-corrected chi connectivity index (χ0v) is 6.21. The smallest absolute Gasteiger partial charge is 0.372 e. The molecular formula is C6H4N2O2S. The summed E-state index contributed by atoms with van der Waals surface area (Å²) < 4.78 is 1.55. The van der Waals surface area contributed by atoms with E-state index in [0.29, 0.717) is 0 Å². The summed E-state index contributed by atoms with van der Waals surface area (Å²) in [6.45, 7) is 0. The quantitative estimate of drug-likeness (QED) is 0.693. The van der Waals surface area contributed by atoms with Crippen LogP contribution >= 0.6 is 11.3 Å². The number of aromatic nitrogens is 2. The van der Waals surface area contributed by atoms with Crippen LogP contribution in [0.25, 0.3) is 4.83 Å². The molecular weight excluding hydrogens is 164 g/mol. The van der Waals surface area contributed by atoms with Crippen LogP contribution in [-0.2, 0) is 0 Å². The van der Waals surface area contributed by atoms with Crippen molar-refractivity contribution in [1.82, 2.24) is 9.38 Å². The third-order valence-corrected chi connectivity index (χ3v) is 2.15. The molecule has 2 heterocycles. The molecule has 0 aliphatic heterocycles. The van der Waals surface area contributed by atoms with Crippen LogP contribution in [-0.4, -0.2) is 20.5 Å². The van der Waals surface area contributed by atoms with Gasteiger partial charge in [-0.15, -0.1) is 11.3 Å². The molecule has 0 aromatic carbocycles. The Balaban J connectivity index is 2.78. The Bertz CT molecular complexity index is 403.